The lowest BCUT2D eigenvalue weighted by Gasteiger charge is -1.98. The second-order valence-electron chi connectivity index (χ2n) is 2.93. The van der Waals surface area contributed by atoms with Crippen molar-refractivity contribution in [1.29, 1.82) is 0 Å². The zero-order valence-corrected chi connectivity index (χ0v) is 8.22. The number of hydrogen-bond donors (Lipinski definition) is 0. The molecule has 2 heterocycles. The van der Waals surface area contributed by atoms with E-state index in [2.05, 4.69) is 10.2 Å². The van der Waals surface area contributed by atoms with Crippen molar-refractivity contribution in [3.05, 3.63) is 36.2 Å². The van der Waals surface area contributed by atoms with Crippen molar-refractivity contribution in [3.63, 3.8) is 0 Å². The summed E-state index contributed by atoms with van der Waals surface area (Å²) in [6.07, 6.45) is 5.81. The number of ether oxygens (including phenoxy) is 1. The highest BCUT2D eigenvalue weighted by Gasteiger charge is 2.02. The molecule has 0 bridgehead atoms. The molecule has 0 unspecified atom stereocenters. The molecule has 0 aromatic carbocycles. The largest absolute Gasteiger partial charge is 0.501 e. The molecule has 2 aromatic heterocycles. The molecule has 0 radical (unpaired) electrons. The molecule has 0 atom stereocenters. The molecule has 0 N–H and O–H groups in total. The van der Waals surface area contributed by atoms with Crippen molar-refractivity contribution in [2.45, 2.75) is 6.92 Å². The maximum Gasteiger partial charge on any atom is 0.161 e. The lowest BCUT2D eigenvalue weighted by Crippen LogP contribution is -1.90. The summed E-state index contributed by atoms with van der Waals surface area (Å²) in [7, 11) is 0. The molecule has 5 heteroatoms. The average Bonchev–Trinajstić information content (AvgIpc) is 2.65. The van der Waals surface area contributed by atoms with E-state index in [4.69, 9.17) is 4.74 Å². The van der Waals surface area contributed by atoms with Crippen molar-refractivity contribution in [1.82, 2.24) is 14.6 Å². The Kier molecular flexibility index (Phi) is 2.62. The number of rotatable bonds is 3. The van der Waals surface area contributed by atoms with Crippen molar-refractivity contribution >= 4 is 11.7 Å². The van der Waals surface area contributed by atoms with Crippen LogP contribution in [0.5, 0.6) is 0 Å². The highest BCUT2D eigenvalue weighted by molar-refractivity contribution is 5.55. The van der Waals surface area contributed by atoms with Gasteiger partial charge in [-0.25, -0.2) is 4.39 Å². The Morgan fingerprint density at radius 2 is 2.47 bits per heavy atom. The van der Waals surface area contributed by atoms with Crippen LogP contribution in [0.25, 0.3) is 11.7 Å². The minimum absolute atomic E-state index is 0.335. The van der Waals surface area contributed by atoms with E-state index in [1.54, 1.807) is 12.1 Å². The molecule has 0 aliphatic rings. The maximum absolute atomic E-state index is 13.4. The van der Waals surface area contributed by atoms with Gasteiger partial charge in [0.15, 0.2) is 5.65 Å². The fourth-order valence-corrected chi connectivity index (χ4v) is 1.20. The summed E-state index contributed by atoms with van der Waals surface area (Å²) in [6, 6.07) is 1.61. The van der Waals surface area contributed by atoms with Crippen LogP contribution in [0.3, 0.4) is 0 Å². The Morgan fingerprint density at radius 3 is 3.27 bits per heavy atom. The summed E-state index contributed by atoms with van der Waals surface area (Å²) in [5.74, 6) is -0.335. The third-order valence-electron chi connectivity index (χ3n) is 1.92. The van der Waals surface area contributed by atoms with Crippen LogP contribution in [0.1, 0.15) is 12.5 Å². The van der Waals surface area contributed by atoms with Gasteiger partial charge < -0.3 is 4.74 Å². The predicted octanol–water partition coefficient (Wildman–Crippen LogP) is 1.88. The molecule has 0 saturated heterocycles. The molecule has 4 nitrogen and oxygen atoms in total. The summed E-state index contributed by atoms with van der Waals surface area (Å²) in [4.78, 5) is 0. The van der Waals surface area contributed by atoms with Gasteiger partial charge in [-0.15, -0.1) is 10.2 Å². The van der Waals surface area contributed by atoms with Crippen molar-refractivity contribution in [2.75, 3.05) is 6.61 Å². The van der Waals surface area contributed by atoms with Crippen LogP contribution in [0.4, 0.5) is 4.39 Å². The van der Waals surface area contributed by atoms with Gasteiger partial charge in [-0.05, 0) is 19.1 Å². The van der Waals surface area contributed by atoms with Crippen LogP contribution < -0.4 is 0 Å². The van der Waals surface area contributed by atoms with Crippen LogP contribution in [-0.2, 0) is 4.74 Å². The first-order valence-electron chi connectivity index (χ1n) is 4.58. The summed E-state index contributed by atoms with van der Waals surface area (Å²) in [5, 5.41) is 7.49. The van der Waals surface area contributed by atoms with E-state index >= 15 is 0 Å². The Bertz CT molecular complexity index is 492. The minimum atomic E-state index is -0.335. The third-order valence-corrected chi connectivity index (χ3v) is 1.92. The monoisotopic (exact) mass is 207 g/mol. The summed E-state index contributed by atoms with van der Waals surface area (Å²) < 4.78 is 20.0. The molecule has 0 amide bonds. The molecule has 15 heavy (non-hydrogen) atoms. The van der Waals surface area contributed by atoms with Gasteiger partial charge in [0.1, 0.15) is 12.1 Å². The second kappa shape index (κ2) is 4.08. The Hall–Kier alpha value is -1.91. The van der Waals surface area contributed by atoms with Crippen molar-refractivity contribution < 1.29 is 9.13 Å². The minimum Gasteiger partial charge on any atom is -0.501 e. The number of halogens is 1. The van der Waals surface area contributed by atoms with Gasteiger partial charge in [0, 0.05) is 11.8 Å². The number of hydrogen-bond acceptors (Lipinski definition) is 3. The van der Waals surface area contributed by atoms with E-state index in [-0.39, 0.29) is 5.82 Å². The summed E-state index contributed by atoms with van der Waals surface area (Å²) >= 11 is 0. The lowest BCUT2D eigenvalue weighted by atomic mass is 10.2. The number of aromatic nitrogens is 3. The highest BCUT2D eigenvalue weighted by atomic mass is 19.1. The standard InChI is InChI=1S/C10H10FN3O/c1-2-15-4-3-8-5-10-13-12-7-14(10)6-9(8)11/h3-7H,2H2,1H3/b4-3+. The van der Waals surface area contributed by atoms with E-state index < -0.39 is 0 Å². The first kappa shape index (κ1) is 9.64. The van der Waals surface area contributed by atoms with Crippen LogP contribution in [0.2, 0.25) is 0 Å². The van der Waals surface area contributed by atoms with E-state index in [1.807, 2.05) is 6.92 Å². The average molecular weight is 207 g/mol. The van der Waals surface area contributed by atoms with Crippen LogP contribution in [0, 0.1) is 5.82 Å². The normalized spacial score (nSPS) is 11.3. The van der Waals surface area contributed by atoms with E-state index in [9.17, 15) is 4.39 Å². The molecular formula is C10H10FN3O. The van der Waals surface area contributed by atoms with Gasteiger partial charge in [0.05, 0.1) is 12.9 Å². The molecule has 2 aromatic rings. The highest BCUT2D eigenvalue weighted by Crippen LogP contribution is 2.11. The Morgan fingerprint density at radius 1 is 1.60 bits per heavy atom. The van der Waals surface area contributed by atoms with E-state index in [0.29, 0.717) is 17.8 Å². The van der Waals surface area contributed by atoms with E-state index in [1.165, 1.54) is 23.2 Å². The first-order valence-corrected chi connectivity index (χ1v) is 4.58. The number of nitrogens with zero attached hydrogens (tertiary/aromatic N) is 3. The van der Waals surface area contributed by atoms with E-state index in [0.717, 1.165) is 0 Å². The van der Waals surface area contributed by atoms with Gasteiger partial charge in [-0.2, -0.15) is 0 Å². The molecule has 0 aliphatic heterocycles. The van der Waals surface area contributed by atoms with Gasteiger partial charge in [-0.1, -0.05) is 0 Å². The van der Waals surface area contributed by atoms with Crippen molar-refractivity contribution in [2.24, 2.45) is 0 Å². The van der Waals surface area contributed by atoms with Gasteiger partial charge in [0.2, 0.25) is 0 Å². The Labute approximate surface area is 86.0 Å². The zero-order valence-electron chi connectivity index (χ0n) is 8.22. The molecule has 2 rings (SSSR count). The fourth-order valence-electron chi connectivity index (χ4n) is 1.20. The van der Waals surface area contributed by atoms with Gasteiger partial charge in [0.25, 0.3) is 0 Å². The quantitative estimate of drug-likeness (QED) is 0.721. The zero-order chi connectivity index (χ0) is 10.7. The van der Waals surface area contributed by atoms with Crippen LogP contribution in [-0.4, -0.2) is 21.2 Å². The SMILES string of the molecule is CCO/C=C/c1cc2nncn2cc1F. The number of fused-ring (bicyclic) bond motifs is 1. The maximum atomic E-state index is 13.4. The van der Waals surface area contributed by atoms with Gasteiger partial charge >= 0.3 is 0 Å². The third kappa shape index (κ3) is 1.96. The summed E-state index contributed by atoms with van der Waals surface area (Å²) in [6.45, 7) is 2.42. The van der Waals surface area contributed by atoms with Crippen LogP contribution in [0.15, 0.2) is 24.9 Å². The smallest absolute Gasteiger partial charge is 0.161 e. The molecular weight excluding hydrogens is 197 g/mol. The summed E-state index contributed by atoms with van der Waals surface area (Å²) in [5.41, 5.74) is 1.04. The topological polar surface area (TPSA) is 39.4 Å². The molecule has 0 saturated carbocycles. The fraction of sp³-hybridized carbons (Fsp3) is 0.200. The van der Waals surface area contributed by atoms with Crippen molar-refractivity contribution in [3.8, 4) is 0 Å². The number of pyridine rings is 1. The molecule has 0 fully saturated rings. The Balaban J connectivity index is 2.37. The predicted molar refractivity (Wildman–Crippen MR) is 53.6 cm³/mol. The first-order chi connectivity index (χ1) is 7.31. The van der Waals surface area contributed by atoms with Gasteiger partial charge in [-0.3, -0.25) is 4.40 Å². The second-order valence-corrected chi connectivity index (χ2v) is 2.93. The molecule has 78 valence electrons. The molecule has 0 aliphatic carbocycles. The molecule has 0 spiro atoms. The van der Waals surface area contributed by atoms with Crippen LogP contribution >= 0.6 is 0 Å². The lowest BCUT2D eigenvalue weighted by molar-refractivity contribution is 0.272.